The van der Waals surface area contributed by atoms with Crippen LogP contribution >= 0.6 is 0 Å². The van der Waals surface area contributed by atoms with E-state index >= 15 is 0 Å². The number of methoxy groups -OCH3 is 1. The van der Waals surface area contributed by atoms with Crippen LogP contribution < -0.4 is 16.0 Å². The molecule has 1 unspecified atom stereocenters. The highest BCUT2D eigenvalue weighted by molar-refractivity contribution is 5.16. The van der Waals surface area contributed by atoms with Crippen LogP contribution in [0, 0.1) is 0 Å². The summed E-state index contributed by atoms with van der Waals surface area (Å²) in [6.07, 6.45) is 4.71. The Bertz CT molecular complexity index is 293. The average molecular weight is 210 g/mol. The van der Waals surface area contributed by atoms with Crippen LogP contribution in [-0.2, 0) is 0 Å². The number of hydrogen-bond acceptors (Lipinski definition) is 5. The summed E-state index contributed by atoms with van der Waals surface area (Å²) in [5.41, 5.74) is 3.63. The molecule has 0 bridgehead atoms. The van der Waals surface area contributed by atoms with Crippen molar-refractivity contribution in [1.29, 1.82) is 0 Å². The van der Waals surface area contributed by atoms with E-state index in [9.17, 15) is 0 Å². The second-order valence-electron chi connectivity index (χ2n) is 3.35. The molecule has 0 aliphatic carbocycles. The number of aromatic nitrogens is 2. The molecule has 1 aromatic heterocycles. The number of rotatable bonds is 6. The van der Waals surface area contributed by atoms with Gasteiger partial charge in [-0.15, -0.1) is 0 Å². The van der Waals surface area contributed by atoms with Gasteiger partial charge in [-0.2, -0.15) is 0 Å². The summed E-state index contributed by atoms with van der Waals surface area (Å²) in [6.45, 7) is 2.15. The summed E-state index contributed by atoms with van der Waals surface area (Å²) in [5, 5.41) is 0. The largest absolute Gasteiger partial charge is 0.481 e. The fraction of sp³-hybridized carbons (Fsp3) is 0.600. The van der Waals surface area contributed by atoms with Gasteiger partial charge in [0, 0.05) is 6.07 Å². The fourth-order valence-corrected chi connectivity index (χ4v) is 1.38. The highest BCUT2D eigenvalue weighted by atomic mass is 16.5. The normalized spacial score (nSPS) is 12.5. The quantitative estimate of drug-likeness (QED) is 0.545. The monoisotopic (exact) mass is 210 g/mol. The van der Waals surface area contributed by atoms with Crippen LogP contribution in [-0.4, -0.2) is 17.1 Å². The molecule has 0 amide bonds. The van der Waals surface area contributed by atoms with Gasteiger partial charge >= 0.3 is 0 Å². The van der Waals surface area contributed by atoms with Crippen molar-refractivity contribution in [3.63, 3.8) is 0 Å². The molecule has 0 aliphatic rings. The van der Waals surface area contributed by atoms with E-state index in [2.05, 4.69) is 22.3 Å². The molecule has 5 heteroatoms. The zero-order valence-electron chi connectivity index (χ0n) is 9.23. The van der Waals surface area contributed by atoms with Gasteiger partial charge in [0.05, 0.1) is 18.8 Å². The Kier molecular flexibility index (Phi) is 5.00. The van der Waals surface area contributed by atoms with Crippen LogP contribution in [0.1, 0.15) is 37.9 Å². The van der Waals surface area contributed by atoms with Gasteiger partial charge in [0.1, 0.15) is 6.33 Å². The van der Waals surface area contributed by atoms with Crippen LogP contribution in [0.5, 0.6) is 5.88 Å². The Labute approximate surface area is 90.0 Å². The smallest absolute Gasteiger partial charge is 0.216 e. The van der Waals surface area contributed by atoms with Crippen LogP contribution in [0.25, 0.3) is 0 Å². The minimum Gasteiger partial charge on any atom is -0.481 e. The highest BCUT2D eigenvalue weighted by Crippen LogP contribution is 2.18. The van der Waals surface area contributed by atoms with Crippen LogP contribution in [0.2, 0.25) is 0 Å². The zero-order valence-corrected chi connectivity index (χ0v) is 9.23. The molecule has 1 rings (SSSR count). The first-order valence-electron chi connectivity index (χ1n) is 5.13. The fourth-order valence-electron chi connectivity index (χ4n) is 1.38. The lowest BCUT2D eigenvalue weighted by Crippen LogP contribution is -2.28. The molecule has 3 N–H and O–H groups in total. The van der Waals surface area contributed by atoms with Crippen LogP contribution in [0.3, 0.4) is 0 Å². The van der Waals surface area contributed by atoms with Crippen LogP contribution in [0.4, 0.5) is 0 Å². The molecule has 0 saturated carbocycles. The molecule has 0 radical (unpaired) electrons. The SMILES string of the molecule is CCCCC(NN)c1cc(OC)ncn1. The Morgan fingerprint density at radius 1 is 1.53 bits per heavy atom. The number of nitrogens with zero attached hydrogens (tertiary/aromatic N) is 2. The van der Waals surface area contributed by atoms with E-state index in [-0.39, 0.29) is 6.04 Å². The van der Waals surface area contributed by atoms with Crippen molar-refractivity contribution >= 4 is 0 Å². The zero-order chi connectivity index (χ0) is 11.1. The summed E-state index contributed by atoms with van der Waals surface area (Å²) in [5.74, 6) is 6.05. The van der Waals surface area contributed by atoms with Crippen molar-refractivity contribution < 1.29 is 4.74 Å². The average Bonchev–Trinajstić information content (AvgIpc) is 2.30. The molecule has 84 valence electrons. The highest BCUT2D eigenvalue weighted by Gasteiger charge is 2.11. The Hall–Kier alpha value is -1.20. The van der Waals surface area contributed by atoms with Crippen molar-refractivity contribution in [3.8, 4) is 5.88 Å². The molecule has 1 heterocycles. The number of nitrogens with one attached hydrogen (secondary N) is 1. The maximum Gasteiger partial charge on any atom is 0.216 e. The maximum atomic E-state index is 5.49. The first-order chi connectivity index (χ1) is 7.31. The van der Waals surface area contributed by atoms with E-state index in [1.807, 2.05) is 0 Å². The van der Waals surface area contributed by atoms with Crippen LogP contribution in [0.15, 0.2) is 12.4 Å². The van der Waals surface area contributed by atoms with E-state index < -0.39 is 0 Å². The van der Waals surface area contributed by atoms with Gasteiger partial charge in [-0.25, -0.2) is 9.97 Å². The first kappa shape index (κ1) is 11.9. The van der Waals surface area contributed by atoms with Crippen molar-refractivity contribution in [3.05, 3.63) is 18.1 Å². The molecule has 0 fully saturated rings. The Morgan fingerprint density at radius 2 is 2.33 bits per heavy atom. The molecular weight excluding hydrogens is 192 g/mol. The number of ether oxygens (including phenoxy) is 1. The van der Waals surface area contributed by atoms with E-state index in [0.29, 0.717) is 5.88 Å². The summed E-state index contributed by atoms with van der Waals surface area (Å²) in [7, 11) is 1.59. The number of nitrogens with two attached hydrogens (primary N) is 1. The summed E-state index contributed by atoms with van der Waals surface area (Å²) in [4.78, 5) is 8.13. The topological polar surface area (TPSA) is 73.1 Å². The van der Waals surface area contributed by atoms with Gasteiger partial charge in [-0.3, -0.25) is 11.3 Å². The van der Waals surface area contributed by atoms with Gasteiger partial charge in [-0.05, 0) is 6.42 Å². The second-order valence-corrected chi connectivity index (χ2v) is 3.35. The third-order valence-corrected chi connectivity index (χ3v) is 2.28. The molecule has 1 aromatic rings. The second kappa shape index (κ2) is 6.31. The van der Waals surface area contributed by atoms with Gasteiger partial charge in [-0.1, -0.05) is 19.8 Å². The van der Waals surface area contributed by atoms with Crippen molar-refractivity contribution in [2.75, 3.05) is 7.11 Å². The van der Waals surface area contributed by atoms with E-state index in [0.717, 1.165) is 25.0 Å². The predicted octanol–water partition coefficient (Wildman–Crippen LogP) is 1.18. The van der Waals surface area contributed by atoms with E-state index in [4.69, 9.17) is 10.6 Å². The Balaban J connectivity index is 2.72. The molecule has 0 spiro atoms. The van der Waals surface area contributed by atoms with Gasteiger partial charge < -0.3 is 4.74 Å². The number of hydrazine groups is 1. The first-order valence-corrected chi connectivity index (χ1v) is 5.13. The molecule has 0 aliphatic heterocycles. The molecule has 0 saturated heterocycles. The minimum absolute atomic E-state index is 0.0712. The predicted molar refractivity (Wildman–Crippen MR) is 58.2 cm³/mol. The van der Waals surface area contributed by atoms with Gasteiger partial charge in [0.25, 0.3) is 0 Å². The number of hydrogen-bond donors (Lipinski definition) is 2. The molecule has 15 heavy (non-hydrogen) atoms. The van der Waals surface area contributed by atoms with Crippen molar-refractivity contribution in [2.45, 2.75) is 32.2 Å². The van der Waals surface area contributed by atoms with Gasteiger partial charge in [0.15, 0.2) is 0 Å². The van der Waals surface area contributed by atoms with Crippen molar-refractivity contribution in [1.82, 2.24) is 15.4 Å². The summed E-state index contributed by atoms with van der Waals surface area (Å²) in [6, 6.07) is 1.88. The van der Waals surface area contributed by atoms with Crippen molar-refractivity contribution in [2.24, 2.45) is 5.84 Å². The molecule has 1 atom stereocenters. The van der Waals surface area contributed by atoms with Gasteiger partial charge in [0.2, 0.25) is 5.88 Å². The maximum absolute atomic E-state index is 5.49. The lowest BCUT2D eigenvalue weighted by Gasteiger charge is -2.14. The molecular formula is C10H18N4O. The molecule has 0 aromatic carbocycles. The summed E-state index contributed by atoms with van der Waals surface area (Å²) < 4.78 is 5.03. The van der Waals surface area contributed by atoms with E-state index in [1.54, 1.807) is 13.2 Å². The molecule has 5 nitrogen and oxygen atoms in total. The summed E-state index contributed by atoms with van der Waals surface area (Å²) >= 11 is 0. The third kappa shape index (κ3) is 3.45. The lowest BCUT2D eigenvalue weighted by atomic mass is 10.1. The third-order valence-electron chi connectivity index (χ3n) is 2.28. The lowest BCUT2D eigenvalue weighted by molar-refractivity contribution is 0.392. The standard InChI is InChI=1S/C10H18N4O/c1-3-4-5-8(14-11)9-6-10(15-2)13-7-12-9/h6-8,14H,3-5,11H2,1-2H3. The van der Waals surface area contributed by atoms with E-state index in [1.165, 1.54) is 6.33 Å². The Morgan fingerprint density at radius 3 is 2.93 bits per heavy atom. The number of unbranched alkanes of at least 4 members (excludes halogenated alkanes) is 1. The minimum atomic E-state index is 0.0712.